The Labute approximate surface area is 147 Å². The minimum Gasteiger partial charge on any atom is -0.394 e. The number of ether oxygens (including phenoxy) is 1. The maximum atomic E-state index is 9.09. The largest absolute Gasteiger partial charge is 0.394 e. The number of nitrogens with zero attached hydrogens (tertiary/aromatic N) is 3. The van der Waals surface area contributed by atoms with Crippen LogP contribution in [-0.4, -0.2) is 67.5 Å². The molecule has 0 bridgehead atoms. The summed E-state index contributed by atoms with van der Waals surface area (Å²) in [5.74, 6) is 0.585. The van der Waals surface area contributed by atoms with Crippen LogP contribution in [-0.2, 0) is 4.74 Å². The van der Waals surface area contributed by atoms with Crippen molar-refractivity contribution in [1.82, 2.24) is 4.90 Å². The quantitative estimate of drug-likeness (QED) is 0.631. The lowest BCUT2D eigenvalue weighted by atomic mass is 10.2. The summed E-state index contributed by atoms with van der Waals surface area (Å²) in [5.41, 5.74) is 7.32. The average molecular weight is 353 g/mol. The highest BCUT2D eigenvalue weighted by atomic mass is 35.5. The van der Waals surface area contributed by atoms with Gasteiger partial charge in [-0.2, -0.15) is 0 Å². The molecule has 2 fully saturated rings. The third kappa shape index (κ3) is 4.32. The van der Waals surface area contributed by atoms with Gasteiger partial charge in [0.05, 0.1) is 25.4 Å². The Hall–Kier alpha value is -1.50. The standard InChI is InChI=1S/C17H25ClN4O2/c18-13-1-3-14(4-2-13)21-7-9-22(10-8-21)17(19)20-11-15-5-6-16(12-23)24-15/h1-4,15-16,23H,5-12H2,(H2,19,20)/t15-,16+/m1/s1. The normalized spacial score (nSPS) is 25.3. The fraction of sp³-hybridized carbons (Fsp3) is 0.588. The first kappa shape index (κ1) is 17.3. The van der Waals surface area contributed by atoms with Gasteiger partial charge in [0.15, 0.2) is 5.96 Å². The van der Waals surface area contributed by atoms with Crippen LogP contribution in [0.3, 0.4) is 0 Å². The molecule has 132 valence electrons. The van der Waals surface area contributed by atoms with Crippen LogP contribution < -0.4 is 10.6 Å². The third-order valence-electron chi connectivity index (χ3n) is 4.65. The zero-order valence-electron chi connectivity index (χ0n) is 13.8. The van der Waals surface area contributed by atoms with Gasteiger partial charge in [0.2, 0.25) is 0 Å². The van der Waals surface area contributed by atoms with Crippen molar-refractivity contribution in [2.75, 3.05) is 44.2 Å². The van der Waals surface area contributed by atoms with Gasteiger partial charge in [-0.25, -0.2) is 0 Å². The number of guanidine groups is 1. The fourth-order valence-electron chi connectivity index (χ4n) is 3.19. The molecule has 6 nitrogen and oxygen atoms in total. The first-order chi connectivity index (χ1) is 11.7. The average Bonchev–Trinajstić information content (AvgIpc) is 3.09. The molecular weight excluding hydrogens is 328 g/mol. The molecule has 1 aromatic carbocycles. The van der Waals surface area contributed by atoms with Crippen molar-refractivity contribution >= 4 is 23.2 Å². The number of aliphatic hydroxyl groups excluding tert-OH is 1. The van der Waals surface area contributed by atoms with Gasteiger partial charge in [-0.05, 0) is 37.1 Å². The van der Waals surface area contributed by atoms with E-state index in [4.69, 9.17) is 27.2 Å². The molecule has 3 rings (SSSR count). The first-order valence-electron chi connectivity index (χ1n) is 8.47. The molecule has 2 aliphatic heterocycles. The van der Waals surface area contributed by atoms with Crippen LogP contribution in [0.25, 0.3) is 0 Å². The lowest BCUT2D eigenvalue weighted by Crippen LogP contribution is -2.51. The highest BCUT2D eigenvalue weighted by molar-refractivity contribution is 6.30. The number of rotatable bonds is 4. The zero-order valence-corrected chi connectivity index (χ0v) is 14.5. The SMILES string of the molecule is NC(=NC[C@H]1CC[C@@H](CO)O1)N1CCN(c2ccc(Cl)cc2)CC1. The van der Waals surface area contributed by atoms with Gasteiger partial charge >= 0.3 is 0 Å². The molecule has 24 heavy (non-hydrogen) atoms. The summed E-state index contributed by atoms with van der Waals surface area (Å²) >= 11 is 5.94. The molecule has 7 heteroatoms. The maximum absolute atomic E-state index is 9.09. The van der Waals surface area contributed by atoms with Gasteiger partial charge in [0.1, 0.15) is 0 Å². The van der Waals surface area contributed by atoms with E-state index in [0.29, 0.717) is 12.5 Å². The number of aliphatic imine (C=N–C) groups is 1. The van der Waals surface area contributed by atoms with E-state index < -0.39 is 0 Å². The molecule has 0 spiro atoms. The smallest absolute Gasteiger partial charge is 0.191 e. The Morgan fingerprint density at radius 1 is 1.17 bits per heavy atom. The molecule has 0 radical (unpaired) electrons. The van der Waals surface area contributed by atoms with Crippen LogP contribution in [0.15, 0.2) is 29.3 Å². The van der Waals surface area contributed by atoms with Crippen LogP contribution in [0.1, 0.15) is 12.8 Å². The number of hydrogen-bond donors (Lipinski definition) is 2. The van der Waals surface area contributed by atoms with E-state index in [1.165, 1.54) is 5.69 Å². The topological polar surface area (TPSA) is 74.3 Å². The second-order valence-corrected chi connectivity index (χ2v) is 6.73. The molecular formula is C17H25ClN4O2. The third-order valence-corrected chi connectivity index (χ3v) is 4.90. The summed E-state index contributed by atoms with van der Waals surface area (Å²) in [6, 6.07) is 7.93. The van der Waals surface area contributed by atoms with E-state index >= 15 is 0 Å². The Bertz CT molecular complexity index is 558. The Morgan fingerprint density at radius 3 is 2.46 bits per heavy atom. The molecule has 0 amide bonds. The van der Waals surface area contributed by atoms with Gasteiger partial charge in [0, 0.05) is 36.9 Å². The minimum absolute atomic E-state index is 0.0330. The molecule has 1 aromatic rings. The molecule has 2 aliphatic rings. The van der Waals surface area contributed by atoms with Crippen molar-refractivity contribution in [2.24, 2.45) is 10.7 Å². The summed E-state index contributed by atoms with van der Waals surface area (Å²) in [4.78, 5) is 8.93. The van der Waals surface area contributed by atoms with E-state index in [-0.39, 0.29) is 18.8 Å². The highest BCUT2D eigenvalue weighted by Gasteiger charge is 2.25. The first-order valence-corrected chi connectivity index (χ1v) is 8.85. The predicted molar refractivity (Wildman–Crippen MR) is 96.7 cm³/mol. The van der Waals surface area contributed by atoms with Crippen molar-refractivity contribution < 1.29 is 9.84 Å². The Morgan fingerprint density at radius 2 is 1.83 bits per heavy atom. The summed E-state index contributed by atoms with van der Waals surface area (Å²) < 4.78 is 5.68. The van der Waals surface area contributed by atoms with Crippen LogP contribution in [0.4, 0.5) is 5.69 Å². The number of aliphatic hydroxyl groups is 1. The van der Waals surface area contributed by atoms with E-state index in [2.05, 4.69) is 14.8 Å². The molecule has 2 heterocycles. The molecule has 0 saturated carbocycles. The van der Waals surface area contributed by atoms with Crippen molar-refractivity contribution in [3.63, 3.8) is 0 Å². The van der Waals surface area contributed by atoms with Crippen LogP contribution in [0, 0.1) is 0 Å². The second-order valence-electron chi connectivity index (χ2n) is 6.29. The van der Waals surface area contributed by atoms with Gasteiger partial charge in [-0.3, -0.25) is 4.99 Å². The second kappa shape index (κ2) is 8.05. The molecule has 0 unspecified atom stereocenters. The van der Waals surface area contributed by atoms with Crippen LogP contribution in [0.5, 0.6) is 0 Å². The number of benzene rings is 1. The van der Waals surface area contributed by atoms with Gasteiger partial charge in [-0.15, -0.1) is 0 Å². The molecule has 0 aliphatic carbocycles. The summed E-state index contributed by atoms with van der Waals surface area (Å²) in [6.45, 7) is 4.17. The summed E-state index contributed by atoms with van der Waals surface area (Å²) in [6.07, 6.45) is 1.88. The zero-order chi connectivity index (χ0) is 16.9. The van der Waals surface area contributed by atoms with Crippen molar-refractivity contribution in [2.45, 2.75) is 25.0 Å². The lowest BCUT2D eigenvalue weighted by Gasteiger charge is -2.36. The monoisotopic (exact) mass is 352 g/mol. The van der Waals surface area contributed by atoms with Crippen LogP contribution >= 0.6 is 11.6 Å². The van der Waals surface area contributed by atoms with E-state index in [1.54, 1.807) is 0 Å². The minimum atomic E-state index is -0.0330. The van der Waals surface area contributed by atoms with E-state index in [9.17, 15) is 0 Å². The number of anilines is 1. The highest BCUT2D eigenvalue weighted by Crippen LogP contribution is 2.20. The fourth-order valence-corrected chi connectivity index (χ4v) is 3.32. The molecule has 0 aromatic heterocycles. The van der Waals surface area contributed by atoms with Gasteiger partial charge in [0.25, 0.3) is 0 Å². The Balaban J connectivity index is 1.47. The van der Waals surface area contributed by atoms with Crippen LogP contribution in [0.2, 0.25) is 5.02 Å². The van der Waals surface area contributed by atoms with Crippen molar-refractivity contribution in [1.29, 1.82) is 0 Å². The number of halogens is 1. The molecule has 3 N–H and O–H groups in total. The predicted octanol–water partition coefficient (Wildman–Crippen LogP) is 1.32. The van der Waals surface area contributed by atoms with Gasteiger partial charge in [-0.1, -0.05) is 11.6 Å². The summed E-state index contributed by atoms with van der Waals surface area (Å²) in [5, 5.41) is 9.85. The van der Waals surface area contributed by atoms with E-state index in [0.717, 1.165) is 44.0 Å². The number of nitrogens with two attached hydrogens (primary N) is 1. The molecule has 2 atom stereocenters. The van der Waals surface area contributed by atoms with Gasteiger partial charge < -0.3 is 25.4 Å². The maximum Gasteiger partial charge on any atom is 0.191 e. The lowest BCUT2D eigenvalue weighted by molar-refractivity contribution is 0.0159. The van der Waals surface area contributed by atoms with E-state index in [1.807, 2.05) is 24.3 Å². The summed E-state index contributed by atoms with van der Waals surface area (Å²) in [7, 11) is 0. The van der Waals surface area contributed by atoms with Crippen molar-refractivity contribution in [3.05, 3.63) is 29.3 Å². The van der Waals surface area contributed by atoms with Crippen molar-refractivity contribution in [3.8, 4) is 0 Å². The number of hydrogen-bond acceptors (Lipinski definition) is 4. The molecule has 2 saturated heterocycles. The Kier molecular flexibility index (Phi) is 5.81. The number of piperazine rings is 1.